The Kier molecular flexibility index (Phi) is 4.13. The number of hydrogen-bond acceptors (Lipinski definition) is 5. The van der Waals surface area contributed by atoms with Gasteiger partial charge < -0.3 is 4.90 Å². The van der Waals surface area contributed by atoms with Gasteiger partial charge in [-0.1, -0.05) is 0 Å². The number of hydrogen-bond donors (Lipinski definition) is 0. The molecule has 6 heteroatoms. The summed E-state index contributed by atoms with van der Waals surface area (Å²) in [5, 5.41) is 3.01. The Morgan fingerprint density at radius 2 is 2.26 bits per heavy atom. The SMILES string of the molecule is CSc1ncccc1C(=O)N1CC(N2CCc3sccc3C2)C1. The van der Waals surface area contributed by atoms with Gasteiger partial charge in [-0.15, -0.1) is 23.1 Å². The highest BCUT2D eigenvalue weighted by Crippen LogP contribution is 2.29. The van der Waals surface area contributed by atoms with Crippen LogP contribution in [0, 0.1) is 0 Å². The average molecular weight is 345 g/mol. The molecule has 1 fully saturated rings. The van der Waals surface area contributed by atoms with E-state index in [1.165, 1.54) is 22.2 Å². The van der Waals surface area contributed by atoms with Crippen LogP contribution in [0.3, 0.4) is 0 Å². The zero-order chi connectivity index (χ0) is 15.8. The van der Waals surface area contributed by atoms with Gasteiger partial charge in [-0.2, -0.15) is 0 Å². The Morgan fingerprint density at radius 1 is 1.39 bits per heavy atom. The van der Waals surface area contributed by atoms with E-state index in [0.717, 1.165) is 43.2 Å². The van der Waals surface area contributed by atoms with Crippen LogP contribution in [0.4, 0.5) is 0 Å². The monoisotopic (exact) mass is 345 g/mol. The molecule has 120 valence electrons. The second-order valence-corrected chi connectivity index (χ2v) is 7.81. The van der Waals surface area contributed by atoms with Gasteiger partial charge in [-0.3, -0.25) is 9.69 Å². The minimum absolute atomic E-state index is 0.118. The molecule has 2 aliphatic rings. The molecule has 0 radical (unpaired) electrons. The number of carbonyl (C=O) groups excluding carboxylic acids is 1. The van der Waals surface area contributed by atoms with Crippen molar-refractivity contribution in [3.05, 3.63) is 45.8 Å². The molecule has 4 rings (SSSR count). The number of rotatable bonds is 3. The Balaban J connectivity index is 1.39. The number of fused-ring (bicyclic) bond motifs is 1. The van der Waals surface area contributed by atoms with Gasteiger partial charge in [0.1, 0.15) is 5.03 Å². The molecule has 0 aromatic carbocycles. The fourth-order valence-corrected chi connectivity index (χ4v) is 4.75. The van der Waals surface area contributed by atoms with Crippen molar-refractivity contribution in [3.63, 3.8) is 0 Å². The third-order valence-electron chi connectivity index (χ3n) is 4.70. The summed E-state index contributed by atoms with van der Waals surface area (Å²) in [6, 6.07) is 6.47. The summed E-state index contributed by atoms with van der Waals surface area (Å²) in [5.74, 6) is 0.118. The summed E-state index contributed by atoms with van der Waals surface area (Å²) >= 11 is 3.40. The van der Waals surface area contributed by atoms with E-state index in [1.807, 2.05) is 34.6 Å². The first-order valence-electron chi connectivity index (χ1n) is 7.84. The number of likely N-dealkylation sites (tertiary alicyclic amines) is 1. The summed E-state index contributed by atoms with van der Waals surface area (Å²) in [5.41, 5.74) is 2.21. The van der Waals surface area contributed by atoms with E-state index in [9.17, 15) is 4.79 Å². The molecule has 23 heavy (non-hydrogen) atoms. The number of pyridine rings is 1. The fourth-order valence-electron chi connectivity index (χ4n) is 3.32. The van der Waals surface area contributed by atoms with Gasteiger partial charge >= 0.3 is 0 Å². The molecule has 4 nitrogen and oxygen atoms in total. The number of thiophene rings is 1. The van der Waals surface area contributed by atoms with E-state index in [4.69, 9.17) is 0 Å². The second-order valence-electron chi connectivity index (χ2n) is 6.01. The lowest BCUT2D eigenvalue weighted by atomic mass is 10.0. The highest BCUT2D eigenvalue weighted by molar-refractivity contribution is 7.98. The fraction of sp³-hybridized carbons (Fsp3) is 0.412. The first-order valence-corrected chi connectivity index (χ1v) is 9.94. The van der Waals surface area contributed by atoms with Gasteiger partial charge in [0.05, 0.1) is 5.56 Å². The van der Waals surface area contributed by atoms with Crippen molar-refractivity contribution < 1.29 is 4.79 Å². The molecular formula is C17H19N3OS2. The van der Waals surface area contributed by atoms with Crippen LogP contribution in [-0.2, 0) is 13.0 Å². The van der Waals surface area contributed by atoms with Crippen molar-refractivity contribution >= 4 is 29.0 Å². The molecule has 0 spiro atoms. The van der Waals surface area contributed by atoms with Crippen LogP contribution in [-0.4, -0.2) is 52.6 Å². The van der Waals surface area contributed by atoms with E-state index in [1.54, 1.807) is 6.20 Å². The number of carbonyl (C=O) groups is 1. The number of aromatic nitrogens is 1. The predicted octanol–water partition coefficient (Wildman–Crippen LogP) is 2.75. The first kappa shape index (κ1) is 15.2. The molecular weight excluding hydrogens is 326 g/mol. The third kappa shape index (κ3) is 2.79. The predicted molar refractivity (Wildman–Crippen MR) is 94.1 cm³/mol. The molecule has 0 aliphatic carbocycles. The van der Waals surface area contributed by atoms with Gasteiger partial charge in [-0.25, -0.2) is 4.98 Å². The molecule has 1 saturated heterocycles. The molecule has 2 aromatic rings. The van der Waals surface area contributed by atoms with Crippen LogP contribution in [0.25, 0.3) is 0 Å². The van der Waals surface area contributed by atoms with Crippen molar-refractivity contribution in [2.24, 2.45) is 0 Å². The van der Waals surface area contributed by atoms with Crippen LogP contribution in [0.1, 0.15) is 20.8 Å². The quantitative estimate of drug-likeness (QED) is 0.802. The molecule has 2 aliphatic heterocycles. The van der Waals surface area contributed by atoms with Gasteiger partial charge in [0.15, 0.2) is 0 Å². The first-order chi connectivity index (χ1) is 11.3. The highest BCUT2D eigenvalue weighted by atomic mass is 32.2. The van der Waals surface area contributed by atoms with Gasteiger partial charge in [0, 0.05) is 43.3 Å². The van der Waals surface area contributed by atoms with Crippen LogP contribution < -0.4 is 0 Å². The van der Waals surface area contributed by atoms with Crippen LogP contribution in [0.5, 0.6) is 0 Å². The van der Waals surface area contributed by atoms with Crippen molar-refractivity contribution in [3.8, 4) is 0 Å². The smallest absolute Gasteiger partial charge is 0.256 e. The summed E-state index contributed by atoms with van der Waals surface area (Å²) < 4.78 is 0. The van der Waals surface area contributed by atoms with Crippen molar-refractivity contribution in [2.45, 2.75) is 24.0 Å². The summed E-state index contributed by atoms with van der Waals surface area (Å²) in [6.45, 7) is 3.82. The normalized spacial score (nSPS) is 18.6. The Bertz CT molecular complexity index is 724. The van der Waals surface area contributed by atoms with Gasteiger partial charge in [0.25, 0.3) is 5.91 Å². The molecule has 2 aromatic heterocycles. The maximum Gasteiger partial charge on any atom is 0.256 e. The lowest BCUT2D eigenvalue weighted by molar-refractivity contribution is 0.0217. The molecule has 0 atom stereocenters. The standard InChI is InChI=1S/C17H19N3OS2/c1-22-16-14(3-2-6-18-16)17(21)20-10-13(11-20)19-7-4-15-12(9-19)5-8-23-15/h2-3,5-6,8,13H,4,7,9-11H2,1H3. The van der Waals surface area contributed by atoms with Crippen LogP contribution in [0.2, 0.25) is 0 Å². The Morgan fingerprint density at radius 3 is 3.09 bits per heavy atom. The summed E-state index contributed by atoms with van der Waals surface area (Å²) in [7, 11) is 0. The second kappa shape index (κ2) is 6.26. The summed E-state index contributed by atoms with van der Waals surface area (Å²) in [6.07, 6.45) is 4.86. The Hall–Kier alpha value is -1.37. The van der Waals surface area contributed by atoms with E-state index in [-0.39, 0.29) is 5.91 Å². The Labute approximate surface area is 144 Å². The van der Waals surface area contributed by atoms with Crippen molar-refractivity contribution in [1.29, 1.82) is 0 Å². The van der Waals surface area contributed by atoms with Gasteiger partial charge in [-0.05, 0) is 41.8 Å². The van der Waals surface area contributed by atoms with E-state index < -0.39 is 0 Å². The zero-order valence-electron chi connectivity index (χ0n) is 13.1. The van der Waals surface area contributed by atoms with Crippen molar-refractivity contribution in [2.75, 3.05) is 25.9 Å². The molecule has 1 amide bonds. The molecule has 0 unspecified atom stereocenters. The minimum Gasteiger partial charge on any atom is -0.335 e. The largest absolute Gasteiger partial charge is 0.335 e. The average Bonchev–Trinajstić information content (AvgIpc) is 3.01. The topological polar surface area (TPSA) is 36.4 Å². The minimum atomic E-state index is 0.118. The van der Waals surface area contributed by atoms with Crippen LogP contribution >= 0.6 is 23.1 Å². The zero-order valence-corrected chi connectivity index (χ0v) is 14.7. The number of thioether (sulfide) groups is 1. The van der Waals surface area contributed by atoms with Gasteiger partial charge in [0.2, 0.25) is 0 Å². The number of nitrogens with zero attached hydrogens (tertiary/aromatic N) is 3. The third-order valence-corrected chi connectivity index (χ3v) is 6.43. The van der Waals surface area contributed by atoms with E-state index in [2.05, 4.69) is 21.3 Å². The lowest BCUT2D eigenvalue weighted by Gasteiger charge is -2.46. The summed E-state index contributed by atoms with van der Waals surface area (Å²) in [4.78, 5) is 23.0. The molecule has 0 N–H and O–H groups in total. The van der Waals surface area contributed by atoms with E-state index >= 15 is 0 Å². The molecule has 0 bridgehead atoms. The van der Waals surface area contributed by atoms with Crippen LogP contribution in [0.15, 0.2) is 34.8 Å². The maximum absolute atomic E-state index is 12.6. The highest BCUT2D eigenvalue weighted by Gasteiger charge is 2.37. The molecule has 0 saturated carbocycles. The van der Waals surface area contributed by atoms with Crippen molar-refractivity contribution in [1.82, 2.24) is 14.8 Å². The van der Waals surface area contributed by atoms with E-state index in [0.29, 0.717) is 6.04 Å². The lowest BCUT2D eigenvalue weighted by Crippen LogP contribution is -2.61. The number of amides is 1. The molecule has 4 heterocycles. The maximum atomic E-state index is 12.6.